The molecule has 0 N–H and O–H groups in total. The Hall–Kier alpha value is -0.770. The van der Waals surface area contributed by atoms with Gasteiger partial charge in [0.25, 0.3) is 5.91 Å². The van der Waals surface area contributed by atoms with Crippen molar-refractivity contribution in [3.05, 3.63) is 22.4 Å². The zero-order valence-corrected chi connectivity index (χ0v) is 12.7. The number of amides is 1. The van der Waals surface area contributed by atoms with Crippen molar-refractivity contribution in [2.24, 2.45) is 0 Å². The highest BCUT2D eigenvalue weighted by molar-refractivity contribution is 9.10. The van der Waals surface area contributed by atoms with Crippen LogP contribution in [0.25, 0.3) is 0 Å². The Bertz CT molecular complexity index is 421. The lowest BCUT2D eigenvalue weighted by Crippen LogP contribution is -2.46. The maximum Gasteiger partial charge on any atom is 0.270 e. The summed E-state index contributed by atoms with van der Waals surface area (Å²) < 4.78 is 3.07. The smallest absolute Gasteiger partial charge is 0.270 e. The van der Waals surface area contributed by atoms with Gasteiger partial charge in [0.1, 0.15) is 5.69 Å². The summed E-state index contributed by atoms with van der Waals surface area (Å²) in [4.78, 5) is 14.6. The number of nitrogens with zero attached hydrogens (tertiary/aromatic N) is 2. The molecule has 0 aliphatic carbocycles. The monoisotopic (exact) mass is 312 g/mol. The highest BCUT2D eigenvalue weighted by atomic mass is 79.9. The van der Waals surface area contributed by atoms with E-state index in [0.717, 1.165) is 49.1 Å². The molecule has 2 heterocycles. The maximum atomic E-state index is 12.5. The normalized spacial score (nSPS) is 15.3. The Kier molecular flexibility index (Phi) is 4.49. The molecule has 0 atom stereocenters. The van der Waals surface area contributed by atoms with Crippen molar-refractivity contribution in [1.29, 1.82) is 0 Å². The van der Waals surface area contributed by atoms with E-state index in [0.29, 0.717) is 6.04 Å². The van der Waals surface area contributed by atoms with Crippen LogP contribution < -0.4 is 0 Å². The Labute approximate surface area is 117 Å². The van der Waals surface area contributed by atoms with Gasteiger partial charge in [-0.1, -0.05) is 26.7 Å². The molecular formula is C14H21BrN2O. The van der Waals surface area contributed by atoms with E-state index < -0.39 is 0 Å². The Morgan fingerprint density at radius 1 is 1.22 bits per heavy atom. The van der Waals surface area contributed by atoms with Gasteiger partial charge in [0.2, 0.25) is 0 Å². The number of hydrogen-bond donors (Lipinski definition) is 0. The van der Waals surface area contributed by atoms with Crippen LogP contribution in [-0.2, 0) is 6.54 Å². The third-order valence-corrected chi connectivity index (χ3v) is 4.35. The van der Waals surface area contributed by atoms with Crippen LogP contribution in [0.5, 0.6) is 0 Å². The standard InChI is InChI=1S/C14H21BrN2O/c1-3-5-11(6-4-2)16-9-10-17-12(14(16)18)7-8-13(17)15/h7-8,11H,3-6,9-10H2,1-2H3. The molecule has 1 aromatic rings. The summed E-state index contributed by atoms with van der Waals surface area (Å²) in [6, 6.07) is 4.30. The maximum absolute atomic E-state index is 12.5. The van der Waals surface area contributed by atoms with Crippen molar-refractivity contribution >= 4 is 21.8 Å². The molecule has 0 aromatic carbocycles. The van der Waals surface area contributed by atoms with Crippen LogP contribution in [0.3, 0.4) is 0 Å². The lowest BCUT2D eigenvalue weighted by atomic mass is 10.0. The van der Waals surface area contributed by atoms with Crippen molar-refractivity contribution in [2.45, 2.75) is 52.1 Å². The molecule has 2 rings (SSSR count). The van der Waals surface area contributed by atoms with Gasteiger partial charge >= 0.3 is 0 Å². The quantitative estimate of drug-likeness (QED) is 0.814. The number of aromatic nitrogens is 1. The van der Waals surface area contributed by atoms with Gasteiger partial charge in [0.05, 0.1) is 4.60 Å². The second-order valence-corrected chi connectivity index (χ2v) is 5.74. The molecule has 0 saturated carbocycles. The van der Waals surface area contributed by atoms with Crippen LogP contribution in [0.1, 0.15) is 50.0 Å². The summed E-state index contributed by atoms with van der Waals surface area (Å²) in [5, 5.41) is 0. The van der Waals surface area contributed by atoms with Crippen LogP contribution in [-0.4, -0.2) is 28.0 Å². The minimum Gasteiger partial charge on any atom is -0.333 e. The zero-order chi connectivity index (χ0) is 13.1. The largest absolute Gasteiger partial charge is 0.333 e. The Balaban J connectivity index is 2.19. The van der Waals surface area contributed by atoms with Gasteiger partial charge in [0.15, 0.2) is 0 Å². The van der Waals surface area contributed by atoms with Crippen molar-refractivity contribution in [1.82, 2.24) is 9.47 Å². The molecule has 0 saturated heterocycles. The number of fused-ring (bicyclic) bond motifs is 1. The summed E-state index contributed by atoms with van der Waals surface area (Å²) in [6.45, 7) is 6.12. The Morgan fingerprint density at radius 3 is 2.50 bits per heavy atom. The number of carbonyl (C=O) groups is 1. The minimum absolute atomic E-state index is 0.193. The molecule has 1 aliphatic rings. The molecule has 0 bridgehead atoms. The van der Waals surface area contributed by atoms with Gasteiger partial charge < -0.3 is 9.47 Å². The van der Waals surface area contributed by atoms with Gasteiger partial charge in [-0.25, -0.2) is 0 Å². The average Bonchev–Trinajstić information content (AvgIpc) is 2.73. The van der Waals surface area contributed by atoms with E-state index in [1.807, 2.05) is 12.1 Å². The first-order chi connectivity index (χ1) is 8.69. The molecule has 18 heavy (non-hydrogen) atoms. The molecule has 0 radical (unpaired) electrons. The van der Waals surface area contributed by atoms with Gasteiger partial charge in [-0.2, -0.15) is 0 Å². The third-order valence-electron chi connectivity index (χ3n) is 3.66. The molecule has 4 heteroatoms. The van der Waals surface area contributed by atoms with E-state index in [4.69, 9.17) is 0 Å². The van der Waals surface area contributed by atoms with Crippen molar-refractivity contribution in [2.75, 3.05) is 6.54 Å². The zero-order valence-electron chi connectivity index (χ0n) is 11.2. The first-order valence-corrected chi connectivity index (χ1v) is 7.64. The summed E-state index contributed by atoms with van der Waals surface area (Å²) in [6.07, 6.45) is 4.50. The second-order valence-electron chi connectivity index (χ2n) is 4.92. The van der Waals surface area contributed by atoms with Gasteiger partial charge in [0, 0.05) is 19.1 Å². The molecule has 1 aromatic heterocycles. The van der Waals surface area contributed by atoms with Crippen LogP contribution in [0.15, 0.2) is 16.7 Å². The average molecular weight is 313 g/mol. The van der Waals surface area contributed by atoms with E-state index >= 15 is 0 Å². The van der Waals surface area contributed by atoms with Gasteiger partial charge in [-0.05, 0) is 40.9 Å². The molecule has 1 amide bonds. The first-order valence-electron chi connectivity index (χ1n) is 6.85. The molecule has 0 fully saturated rings. The number of halogens is 1. The van der Waals surface area contributed by atoms with Crippen LogP contribution >= 0.6 is 15.9 Å². The van der Waals surface area contributed by atoms with Crippen molar-refractivity contribution in [3.63, 3.8) is 0 Å². The highest BCUT2D eigenvalue weighted by Gasteiger charge is 2.29. The Morgan fingerprint density at radius 2 is 1.89 bits per heavy atom. The molecule has 0 unspecified atom stereocenters. The molecule has 3 nitrogen and oxygen atoms in total. The van der Waals surface area contributed by atoms with Crippen LogP contribution in [0.2, 0.25) is 0 Å². The second kappa shape index (κ2) is 5.91. The molecule has 0 spiro atoms. The van der Waals surface area contributed by atoms with Crippen molar-refractivity contribution in [3.8, 4) is 0 Å². The lowest BCUT2D eigenvalue weighted by Gasteiger charge is -2.35. The fourth-order valence-corrected chi connectivity index (χ4v) is 3.28. The lowest BCUT2D eigenvalue weighted by molar-refractivity contribution is 0.0594. The SMILES string of the molecule is CCCC(CCC)N1CCn2c(Br)ccc2C1=O. The van der Waals surface area contributed by atoms with E-state index in [-0.39, 0.29) is 5.91 Å². The fraction of sp³-hybridized carbons (Fsp3) is 0.643. The number of hydrogen-bond acceptors (Lipinski definition) is 1. The highest BCUT2D eigenvalue weighted by Crippen LogP contribution is 2.24. The minimum atomic E-state index is 0.193. The van der Waals surface area contributed by atoms with E-state index in [1.54, 1.807) is 0 Å². The van der Waals surface area contributed by atoms with Crippen LogP contribution in [0, 0.1) is 0 Å². The third kappa shape index (κ3) is 2.48. The van der Waals surface area contributed by atoms with Gasteiger partial charge in [-0.3, -0.25) is 4.79 Å². The van der Waals surface area contributed by atoms with E-state index in [2.05, 4.69) is 39.2 Å². The van der Waals surface area contributed by atoms with E-state index in [9.17, 15) is 4.79 Å². The van der Waals surface area contributed by atoms with Gasteiger partial charge in [-0.15, -0.1) is 0 Å². The van der Waals surface area contributed by atoms with Crippen molar-refractivity contribution < 1.29 is 4.79 Å². The fourth-order valence-electron chi connectivity index (χ4n) is 2.78. The summed E-state index contributed by atoms with van der Waals surface area (Å²) in [5.41, 5.74) is 0.824. The predicted octanol–water partition coefficient (Wildman–Crippen LogP) is 3.68. The molecule has 100 valence electrons. The molecule has 1 aliphatic heterocycles. The van der Waals surface area contributed by atoms with E-state index in [1.165, 1.54) is 0 Å². The number of rotatable bonds is 5. The summed E-state index contributed by atoms with van der Waals surface area (Å²) >= 11 is 3.49. The molecular weight excluding hydrogens is 292 g/mol. The summed E-state index contributed by atoms with van der Waals surface area (Å²) in [7, 11) is 0. The topological polar surface area (TPSA) is 25.2 Å². The van der Waals surface area contributed by atoms with Crippen LogP contribution in [0.4, 0.5) is 0 Å². The first kappa shape index (κ1) is 13.7. The number of carbonyl (C=O) groups excluding carboxylic acids is 1. The predicted molar refractivity (Wildman–Crippen MR) is 76.8 cm³/mol. The summed E-state index contributed by atoms with van der Waals surface area (Å²) in [5.74, 6) is 0.193.